The van der Waals surface area contributed by atoms with E-state index in [0.717, 1.165) is 38.7 Å². The number of aromatic amines is 1. The molecule has 126 valence electrons. The SMILES string of the molecule is COc1ccccc1Sc1c[nH]c2c(OCCN(C)C)cccc12. The number of fused-ring (bicyclic) bond motifs is 1. The summed E-state index contributed by atoms with van der Waals surface area (Å²) in [7, 11) is 5.78. The first-order valence-electron chi connectivity index (χ1n) is 7.87. The molecule has 4 nitrogen and oxygen atoms in total. The summed E-state index contributed by atoms with van der Waals surface area (Å²) >= 11 is 1.69. The third kappa shape index (κ3) is 3.68. The predicted octanol–water partition coefficient (Wildman–Crippen LogP) is 4.27. The molecule has 0 radical (unpaired) electrons. The van der Waals surface area contributed by atoms with Crippen LogP contribution in [0.5, 0.6) is 11.5 Å². The van der Waals surface area contributed by atoms with Gasteiger partial charge < -0.3 is 19.4 Å². The number of aromatic nitrogens is 1. The van der Waals surface area contributed by atoms with Crippen LogP contribution in [-0.2, 0) is 0 Å². The topological polar surface area (TPSA) is 37.5 Å². The molecule has 0 saturated heterocycles. The van der Waals surface area contributed by atoms with Crippen LogP contribution in [0.4, 0.5) is 0 Å². The summed E-state index contributed by atoms with van der Waals surface area (Å²) in [4.78, 5) is 7.72. The zero-order chi connectivity index (χ0) is 16.9. The van der Waals surface area contributed by atoms with Gasteiger partial charge in [0, 0.05) is 23.0 Å². The third-order valence-corrected chi connectivity index (χ3v) is 4.84. The van der Waals surface area contributed by atoms with E-state index in [-0.39, 0.29) is 0 Å². The largest absolute Gasteiger partial charge is 0.496 e. The van der Waals surface area contributed by atoms with Gasteiger partial charge in [0.05, 0.1) is 17.5 Å². The standard InChI is InChI=1S/C19H22N2O2S/c1-21(2)11-12-23-16-9-6-7-14-18(13-20-19(14)16)24-17-10-5-4-8-15(17)22-3/h4-10,13,20H,11-12H2,1-3H3. The van der Waals surface area contributed by atoms with Crippen LogP contribution >= 0.6 is 11.8 Å². The van der Waals surface area contributed by atoms with Gasteiger partial charge in [0.1, 0.15) is 18.1 Å². The number of H-pyrrole nitrogens is 1. The highest BCUT2D eigenvalue weighted by molar-refractivity contribution is 7.99. The minimum atomic E-state index is 0.667. The van der Waals surface area contributed by atoms with Crippen LogP contribution in [0, 0.1) is 0 Å². The Morgan fingerprint density at radius 3 is 2.58 bits per heavy atom. The number of para-hydroxylation sites is 2. The van der Waals surface area contributed by atoms with Crippen molar-refractivity contribution in [3.8, 4) is 11.5 Å². The maximum Gasteiger partial charge on any atom is 0.143 e. The summed E-state index contributed by atoms with van der Waals surface area (Å²) in [5.41, 5.74) is 1.04. The van der Waals surface area contributed by atoms with Crippen LogP contribution in [0.15, 0.2) is 58.5 Å². The summed E-state index contributed by atoms with van der Waals surface area (Å²) in [6.45, 7) is 1.56. The Hall–Kier alpha value is -2.11. The molecule has 5 heteroatoms. The monoisotopic (exact) mass is 342 g/mol. The molecular formula is C19H22N2O2S. The van der Waals surface area contributed by atoms with Crippen molar-refractivity contribution in [1.29, 1.82) is 0 Å². The number of hydrogen-bond acceptors (Lipinski definition) is 4. The van der Waals surface area contributed by atoms with Crippen LogP contribution in [0.2, 0.25) is 0 Å². The summed E-state index contributed by atoms with van der Waals surface area (Å²) in [6.07, 6.45) is 2.03. The fraction of sp³-hybridized carbons (Fsp3) is 0.263. The van der Waals surface area contributed by atoms with Crippen LogP contribution in [0.3, 0.4) is 0 Å². The van der Waals surface area contributed by atoms with E-state index >= 15 is 0 Å². The first kappa shape index (κ1) is 16.7. The molecule has 1 aromatic heterocycles. The molecule has 0 aliphatic carbocycles. The molecule has 3 rings (SSSR count). The zero-order valence-electron chi connectivity index (χ0n) is 14.2. The number of methoxy groups -OCH3 is 1. The Kier molecular flexibility index (Phi) is 5.33. The average Bonchev–Trinajstić information content (AvgIpc) is 2.99. The smallest absolute Gasteiger partial charge is 0.143 e. The summed E-state index contributed by atoms with van der Waals surface area (Å²) in [5.74, 6) is 1.77. The Balaban J connectivity index is 1.85. The van der Waals surface area contributed by atoms with Crippen LogP contribution in [0.1, 0.15) is 0 Å². The second kappa shape index (κ2) is 7.64. The van der Waals surface area contributed by atoms with E-state index in [2.05, 4.69) is 22.0 Å². The fourth-order valence-corrected chi connectivity index (χ4v) is 3.50. The average molecular weight is 342 g/mol. The quantitative estimate of drug-likeness (QED) is 0.696. The normalized spacial score (nSPS) is 11.2. The van der Waals surface area contributed by atoms with Crippen molar-refractivity contribution in [2.75, 3.05) is 34.4 Å². The number of benzene rings is 2. The van der Waals surface area contributed by atoms with Gasteiger partial charge in [0.25, 0.3) is 0 Å². The van der Waals surface area contributed by atoms with Crippen molar-refractivity contribution in [3.63, 3.8) is 0 Å². The number of rotatable bonds is 7. The van der Waals surface area contributed by atoms with E-state index in [1.54, 1.807) is 18.9 Å². The maximum absolute atomic E-state index is 5.93. The number of hydrogen-bond donors (Lipinski definition) is 1. The lowest BCUT2D eigenvalue weighted by atomic mass is 10.2. The Morgan fingerprint density at radius 2 is 1.79 bits per heavy atom. The van der Waals surface area contributed by atoms with Crippen molar-refractivity contribution in [1.82, 2.24) is 9.88 Å². The van der Waals surface area contributed by atoms with Gasteiger partial charge in [-0.3, -0.25) is 0 Å². The van der Waals surface area contributed by atoms with Gasteiger partial charge in [-0.2, -0.15) is 0 Å². The highest BCUT2D eigenvalue weighted by atomic mass is 32.2. The van der Waals surface area contributed by atoms with Crippen molar-refractivity contribution in [2.24, 2.45) is 0 Å². The molecule has 0 fully saturated rings. The van der Waals surface area contributed by atoms with Gasteiger partial charge in [-0.15, -0.1) is 0 Å². The first-order chi connectivity index (χ1) is 11.7. The van der Waals surface area contributed by atoms with Crippen molar-refractivity contribution in [3.05, 3.63) is 48.7 Å². The van der Waals surface area contributed by atoms with Gasteiger partial charge >= 0.3 is 0 Å². The molecular weight excluding hydrogens is 320 g/mol. The minimum Gasteiger partial charge on any atom is -0.496 e. The highest BCUT2D eigenvalue weighted by Crippen LogP contribution is 2.39. The molecule has 3 aromatic rings. The zero-order valence-corrected chi connectivity index (χ0v) is 15.0. The molecule has 0 bridgehead atoms. The van der Waals surface area contributed by atoms with E-state index in [0.29, 0.717) is 6.61 Å². The molecule has 2 aromatic carbocycles. The maximum atomic E-state index is 5.93. The molecule has 24 heavy (non-hydrogen) atoms. The number of nitrogens with zero attached hydrogens (tertiary/aromatic N) is 1. The van der Waals surface area contributed by atoms with Gasteiger partial charge in [-0.25, -0.2) is 0 Å². The van der Waals surface area contributed by atoms with Crippen LogP contribution in [-0.4, -0.2) is 44.2 Å². The van der Waals surface area contributed by atoms with Crippen molar-refractivity contribution >= 4 is 22.7 Å². The second-order valence-corrected chi connectivity index (χ2v) is 6.82. The molecule has 1 heterocycles. The van der Waals surface area contributed by atoms with Gasteiger partial charge in [-0.1, -0.05) is 36.0 Å². The lowest BCUT2D eigenvalue weighted by Gasteiger charge is -2.11. The van der Waals surface area contributed by atoms with E-state index in [1.165, 1.54) is 0 Å². The minimum absolute atomic E-state index is 0.667. The van der Waals surface area contributed by atoms with E-state index in [9.17, 15) is 0 Å². The van der Waals surface area contributed by atoms with E-state index in [1.807, 2.05) is 50.6 Å². The molecule has 0 unspecified atom stereocenters. The summed E-state index contributed by atoms with van der Waals surface area (Å²) in [6, 6.07) is 14.2. The van der Waals surface area contributed by atoms with Gasteiger partial charge in [-0.05, 0) is 32.3 Å². The van der Waals surface area contributed by atoms with Crippen molar-refractivity contribution < 1.29 is 9.47 Å². The second-order valence-electron chi connectivity index (χ2n) is 5.74. The van der Waals surface area contributed by atoms with Crippen LogP contribution < -0.4 is 9.47 Å². The summed E-state index contributed by atoms with van der Waals surface area (Å²) in [5, 5.41) is 1.16. The molecule has 0 spiro atoms. The number of ether oxygens (including phenoxy) is 2. The van der Waals surface area contributed by atoms with Crippen molar-refractivity contribution in [2.45, 2.75) is 9.79 Å². The lowest BCUT2D eigenvalue weighted by molar-refractivity contribution is 0.263. The molecule has 0 atom stereocenters. The number of nitrogens with one attached hydrogen (secondary N) is 1. The first-order valence-corrected chi connectivity index (χ1v) is 8.69. The van der Waals surface area contributed by atoms with Crippen LogP contribution in [0.25, 0.3) is 10.9 Å². The molecule has 0 amide bonds. The van der Waals surface area contributed by atoms with Gasteiger partial charge in [0.2, 0.25) is 0 Å². The summed E-state index contributed by atoms with van der Waals surface area (Å²) < 4.78 is 11.4. The Labute approximate surface area is 146 Å². The van der Waals surface area contributed by atoms with E-state index < -0.39 is 0 Å². The molecule has 1 N–H and O–H groups in total. The number of likely N-dealkylation sites (N-methyl/N-ethyl adjacent to an activating group) is 1. The fourth-order valence-electron chi connectivity index (χ4n) is 2.47. The molecule has 0 aliphatic rings. The van der Waals surface area contributed by atoms with Gasteiger partial charge in [0.15, 0.2) is 0 Å². The highest BCUT2D eigenvalue weighted by Gasteiger charge is 2.11. The Bertz CT molecular complexity index is 814. The van der Waals surface area contributed by atoms with E-state index in [4.69, 9.17) is 9.47 Å². The lowest BCUT2D eigenvalue weighted by Crippen LogP contribution is -2.19. The Morgan fingerprint density at radius 1 is 1.00 bits per heavy atom. The third-order valence-electron chi connectivity index (χ3n) is 3.72. The molecule has 0 aliphatic heterocycles. The predicted molar refractivity (Wildman–Crippen MR) is 99.5 cm³/mol. The molecule has 0 saturated carbocycles.